The smallest absolute Gasteiger partial charge is 0.246 e. The number of nitrogens with zero attached hydrogens (tertiary/aromatic N) is 1. The molecule has 0 radical (unpaired) electrons. The van der Waals surface area contributed by atoms with Crippen LogP contribution in [0.15, 0.2) is 11.6 Å². The van der Waals surface area contributed by atoms with Crippen LogP contribution >= 0.6 is 0 Å². The number of allylic oxidation sites excluding steroid dienone is 1. The van der Waals surface area contributed by atoms with Crippen LogP contribution in [0.25, 0.3) is 0 Å². The van der Waals surface area contributed by atoms with E-state index in [-0.39, 0.29) is 47.2 Å². The Hall–Kier alpha value is -1.20. The molecule has 6 atom stereocenters. The van der Waals surface area contributed by atoms with Crippen molar-refractivity contribution in [3.63, 3.8) is 0 Å². The van der Waals surface area contributed by atoms with Crippen LogP contribution in [0, 0.1) is 34.5 Å². The van der Waals surface area contributed by atoms with Gasteiger partial charge in [-0.25, -0.2) is 0 Å². The average Bonchev–Trinajstić information content (AvgIpc) is 2.63. The van der Waals surface area contributed by atoms with Gasteiger partial charge in [0.15, 0.2) is 0 Å². The zero-order valence-corrected chi connectivity index (χ0v) is 18.1. The number of carbonyl (C=O) groups is 2. The van der Waals surface area contributed by atoms with Gasteiger partial charge in [-0.05, 0) is 54.3 Å². The molecule has 3 saturated carbocycles. The number of Topliss-reactive ketones (excluding diaryl/α,β-unsaturated/α-hetero) is 1. The number of hydrogen-bond acceptors (Lipinski definition) is 4. The van der Waals surface area contributed by atoms with E-state index in [2.05, 4.69) is 27.7 Å². The lowest BCUT2D eigenvalue weighted by Crippen LogP contribution is -2.60. The summed E-state index contributed by atoms with van der Waals surface area (Å²) in [6, 6.07) is 0. The third kappa shape index (κ3) is 3.35. The molecule has 0 aromatic rings. The zero-order valence-electron chi connectivity index (χ0n) is 18.1. The number of ketones is 1. The Morgan fingerprint density at radius 3 is 2.61 bits per heavy atom. The van der Waals surface area contributed by atoms with Crippen molar-refractivity contribution in [3.8, 4) is 0 Å². The molecule has 0 bridgehead atoms. The largest absolute Gasteiger partial charge is 0.395 e. The highest BCUT2D eigenvalue weighted by molar-refractivity contribution is 5.89. The number of likely N-dealkylation sites (N-methyl/N-ethyl adjacent to an activating group) is 1. The summed E-state index contributed by atoms with van der Waals surface area (Å²) in [6.07, 6.45) is 5.46. The van der Waals surface area contributed by atoms with Gasteiger partial charge in [0.2, 0.25) is 5.91 Å². The number of hydrogen-bond donors (Lipinski definition) is 2. The first-order chi connectivity index (χ1) is 13.0. The van der Waals surface area contributed by atoms with Gasteiger partial charge in [0.1, 0.15) is 5.78 Å². The summed E-state index contributed by atoms with van der Waals surface area (Å²) in [5.41, 5.74) is 0.899. The highest BCUT2D eigenvalue weighted by Crippen LogP contribution is 2.63. The van der Waals surface area contributed by atoms with Crippen LogP contribution in [0.1, 0.15) is 59.8 Å². The van der Waals surface area contributed by atoms with Gasteiger partial charge >= 0.3 is 0 Å². The minimum Gasteiger partial charge on any atom is -0.395 e. The molecule has 6 unspecified atom stereocenters. The normalized spacial score (nSPS) is 41.3. The average molecular weight is 392 g/mol. The summed E-state index contributed by atoms with van der Waals surface area (Å²) >= 11 is 0. The molecule has 158 valence electrons. The van der Waals surface area contributed by atoms with Crippen LogP contribution in [0.3, 0.4) is 0 Å². The van der Waals surface area contributed by atoms with Gasteiger partial charge in [0.25, 0.3) is 0 Å². The fourth-order valence-electron chi connectivity index (χ4n) is 6.64. The number of fused-ring (bicyclic) bond motifs is 3. The van der Waals surface area contributed by atoms with E-state index < -0.39 is 0 Å². The van der Waals surface area contributed by atoms with E-state index in [1.807, 2.05) is 0 Å². The number of amides is 1. The van der Waals surface area contributed by atoms with E-state index in [9.17, 15) is 14.7 Å². The van der Waals surface area contributed by atoms with E-state index in [0.717, 1.165) is 31.3 Å². The van der Waals surface area contributed by atoms with Crippen molar-refractivity contribution in [1.29, 1.82) is 0 Å². The first kappa shape index (κ1) is 21.5. The fourth-order valence-corrected chi connectivity index (χ4v) is 6.64. The third-order valence-electron chi connectivity index (χ3n) is 8.56. The maximum atomic E-state index is 13.3. The van der Waals surface area contributed by atoms with E-state index in [4.69, 9.17) is 5.11 Å². The summed E-state index contributed by atoms with van der Waals surface area (Å²) in [5, 5.41) is 19.6. The molecule has 0 heterocycles. The minimum absolute atomic E-state index is 0.0248. The molecule has 0 aromatic heterocycles. The minimum atomic E-state index is -0.342. The Kier molecular flexibility index (Phi) is 5.81. The van der Waals surface area contributed by atoms with Crippen molar-refractivity contribution < 1.29 is 19.8 Å². The monoisotopic (exact) mass is 391 g/mol. The molecule has 0 saturated heterocycles. The maximum Gasteiger partial charge on any atom is 0.246 e. The molecule has 1 amide bonds. The number of aliphatic hydroxyl groups excluding tert-OH is 2. The second-order valence-corrected chi connectivity index (χ2v) is 10.3. The maximum absolute atomic E-state index is 13.3. The van der Waals surface area contributed by atoms with Gasteiger partial charge in [-0.15, -0.1) is 0 Å². The van der Waals surface area contributed by atoms with E-state index in [0.29, 0.717) is 24.7 Å². The standard InChI is InChI=1S/C23H37NO4/c1-14-15(12-20(28)24(5)10-11-25)6-7-16-21(14)17(26)13-18-22(2,3)19(27)8-9-23(16,18)4/h12,14,16,18-19,21,25,27H,6-11,13H2,1-5H3. The molecular weight excluding hydrogens is 354 g/mol. The molecule has 3 aliphatic rings. The van der Waals surface area contributed by atoms with Crippen molar-refractivity contribution in [1.82, 2.24) is 4.90 Å². The summed E-state index contributed by atoms with van der Waals surface area (Å²) in [4.78, 5) is 27.2. The zero-order chi connectivity index (χ0) is 20.9. The van der Waals surface area contributed by atoms with Crippen LogP contribution in [-0.4, -0.2) is 53.1 Å². The van der Waals surface area contributed by atoms with Crippen molar-refractivity contribution in [2.24, 2.45) is 34.5 Å². The van der Waals surface area contributed by atoms with E-state index in [1.54, 1.807) is 13.1 Å². The predicted molar refractivity (Wildman–Crippen MR) is 108 cm³/mol. The lowest BCUT2D eigenvalue weighted by atomic mass is 9.42. The van der Waals surface area contributed by atoms with Crippen molar-refractivity contribution in [2.75, 3.05) is 20.2 Å². The molecule has 0 spiro atoms. The lowest BCUT2D eigenvalue weighted by molar-refractivity contribution is -0.172. The van der Waals surface area contributed by atoms with Crippen LogP contribution < -0.4 is 0 Å². The van der Waals surface area contributed by atoms with Gasteiger partial charge in [-0.2, -0.15) is 0 Å². The quantitative estimate of drug-likeness (QED) is 0.725. The van der Waals surface area contributed by atoms with Gasteiger partial charge in [-0.3, -0.25) is 9.59 Å². The van der Waals surface area contributed by atoms with Crippen LogP contribution in [0.4, 0.5) is 0 Å². The van der Waals surface area contributed by atoms with Crippen molar-refractivity contribution >= 4 is 11.7 Å². The van der Waals surface area contributed by atoms with Crippen molar-refractivity contribution in [2.45, 2.75) is 65.9 Å². The lowest BCUT2D eigenvalue weighted by Gasteiger charge is -2.62. The fraction of sp³-hybridized carbons (Fsp3) is 0.826. The second kappa shape index (κ2) is 7.56. The van der Waals surface area contributed by atoms with E-state index in [1.165, 1.54) is 4.90 Å². The summed E-state index contributed by atoms with van der Waals surface area (Å²) in [5.74, 6) is 0.803. The molecule has 3 aliphatic carbocycles. The second-order valence-electron chi connectivity index (χ2n) is 10.3. The Morgan fingerprint density at radius 1 is 1.29 bits per heavy atom. The Bertz CT molecular complexity index is 670. The Balaban J connectivity index is 1.87. The highest BCUT2D eigenvalue weighted by atomic mass is 16.3. The van der Waals surface area contributed by atoms with Crippen molar-refractivity contribution in [3.05, 3.63) is 11.6 Å². The molecule has 2 N–H and O–H groups in total. The van der Waals surface area contributed by atoms with Crippen LogP contribution in [-0.2, 0) is 9.59 Å². The van der Waals surface area contributed by atoms with E-state index >= 15 is 0 Å². The van der Waals surface area contributed by atoms with Gasteiger partial charge in [0, 0.05) is 32.0 Å². The number of rotatable bonds is 3. The molecular formula is C23H37NO4. The Labute approximate surface area is 169 Å². The molecule has 5 heteroatoms. The number of carbonyl (C=O) groups excluding carboxylic acids is 2. The topological polar surface area (TPSA) is 77.8 Å². The van der Waals surface area contributed by atoms with Gasteiger partial charge < -0.3 is 15.1 Å². The van der Waals surface area contributed by atoms with Gasteiger partial charge in [0.05, 0.1) is 12.7 Å². The summed E-state index contributed by atoms with van der Waals surface area (Å²) in [6.45, 7) is 8.97. The molecule has 0 aromatic carbocycles. The first-order valence-corrected chi connectivity index (χ1v) is 10.8. The number of aliphatic hydroxyl groups is 2. The third-order valence-corrected chi connectivity index (χ3v) is 8.56. The molecule has 28 heavy (non-hydrogen) atoms. The van der Waals surface area contributed by atoms with Crippen LogP contribution in [0.2, 0.25) is 0 Å². The summed E-state index contributed by atoms with van der Waals surface area (Å²) < 4.78 is 0. The van der Waals surface area contributed by atoms with Gasteiger partial charge in [-0.1, -0.05) is 33.3 Å². The first-order valence-electron chi connectivity index (χ1n) is 10.8. The molecule has 3 fully saturated rings. The molecule has 0 aliphatic heterocycles. The van der Waals surface area contributed by atoms with Crippen LogP contribution in [0.5, 0.6) is 0 Å². The molecule has 5 nitrogen and oxygen atoms in total. The molecule has 3 rings (SSSR count). The Morgan fingerprint density at radius 2 is 1.96 bits per heavy atom. The predicted octanol–water partition coefficient (Wildman–Crippen LogP) is 2.80. The highest BCUT2D eigenvalue weighted by Gasteiger charge is 2.61. The summed E-state index contributed by atoms with van der Waals surface area (Å²) in [7, 11) is 1.69. The SMILES string of the molecule is CC1C(=CC(=O)N(C)CCO)CCC2C1C(=O)CC1C(C)(C)C(O)CCC21C.